The van der Waals surface area contributed by atoms with Gasteiger partial charge in [0.15, 0.2) is 0 Å². The third kappa shape index (κ3) is 96.2. The van der Waals surface area contributed by atoms with Crippen LogP contribution in [0.4, 0.5) is 0 Å². The maximum Gasteiger partial charge on any atom is 0.394 e. The maximum atomic E-state index is 8.74. The summed E-state index contributed by atoms with van der Waals surface area (Å²) in [6, 6.07) is 0. The van der Waals surface area contributed by atoms with Crippen LogP contribution in [0.25, 0.3) is 0 Å². The Hall–Kier alpha value is 1.25. The Morgan fingerprint density at radius 3 is 1.67 bits per heavy atom. The third-order valence-corrected chi connectivity index (χ3v) is 1.19. The van der Waals surface area contributed by atoms with E-state index in [2.05, 4.69) is 6.58 Å². The largest absolute Gasteiger partial charge is 0.394 e. The smallest absolute Gasteiger partial charge is 0.264 e. The summed E-state index contributed by atoms with van der Waals surface area (Å²) >= 11 is 0.995. The molecule has 0 fully saturated rings. The van der Waals surface area contributed by atoms with Crippen LogP contribution in [0.1, 0.15) is 0 Å². The molecule has 0 aliphatic heterocycles. The van der Waals surface area contributed by atoms with Gasteiger partial charge in [0.25, 0.3) is 0 Å². The number of allylic oxidation sites excluding steroid dienone is 1. The molecule has 9 heavy (non-hydrogen) atoms. The average Bonchev–Trinajstić information content (AvgIpc) is 1.61. The molecule has 0 bridgehead atoms. The summed E-state index contributed by atoms with van der Waals surface area (Å²) in [7, 11) is -4.67. The molecule has 0 unspecified atom stereocenters. The van der Waals surface area contributed by atoms with Crippen molar-refractivity contribution < 1.29 is 17.5 Å². The van der Waals surface area contributed by atoms with Gasteiger partial charge in [0, 0.05) is 0 Å². The second kappa shape index (κ2) is 7.35. The molecule has 0 saturated heterocycles. The molecule has 0 spiro atoms. The van der Waals surface area contributed by atoms with Crippen molar-refractivity contribution in [3.63, 3.8) is 0 Å². The Balaban J connectivity index is 0. The number of hydrogen-bond donors (Lipinski definition) is 2. The summed E-state index contributed by atoms with van der Waals surface area (Å²) in [5.74, 6) is 0. The van der Waals surface area contributed by atoms with E-state index >= 15 is 0 Å². The second-order valence-electron chi connectivity index (χ2n) is 1.14. The van der Waals surface area contributed by atoms with Gasteiger partial charge in [-0.05, 0) is 0 Å². The van der Waals surface area contributed by atoms with E-state index in [0.29, 0.717) is 0 Å². The Bertz CT molecular complexity index is 141. The summed E-state index contributed by atoms with van der Waals surface area (Å²) in [5, 5.41) is 0. The summed E-state index contributed by atoms with van der Waals surface area (Å²) < 4.78 is 32.9. The fourth-order valence-electron chi connectivity index (χ4n) is 0. The number of rotatable bonds is 1. The van der Waals surface area contributed by atoms with E-state index in [1.54, 1.807) is 0 Å². The van der Waals surface area contributed by atoms with Crippen LogP contribution >= 0.6 is 0 Å². The fourth-order valence-corrected chi connectivity index (χ4v) is 0. The molecule has 0 heterocycles. The van der Waals surface area contributed by atoms with E-state index in [1.165, 1.54) is 0.515 Å². The summed E-state index contributed by atoms with van der Waals surface area (Å²) in [6.07, 6.45) is 1.96. The van der Waals surface area contributed by atoms with E-state index in [4.69, 9.17) is 17.5 Å². The molecule has 50 valence electrons. The van der Waals surface area contributed by atoms with Gasteiger partial charge in [-0.2, -0.15) is 8.42 Å². The molecule has 0 atom stereocenters. The predicted octanol–water partition coefficient (Wildman–Crippen LogP) is 0.106. The molecule has 0 aromatic carbocycles. The predicted molar refractivity (Wildman–Crippen MR) is 34.9 cm³/mol. The molecular weight excluding hydrogens is 171 g/mol. The van der Waals surface area contributed by atoms with Crippen LogP contribution < -0.4 is 0 Å². The molecule has 0 aliphatic carbocycles. The molecule has 0 aromatic rings. The van der Waals surface area contributed by atoms with Gasteiger partial charge in [-0.3, -0.25) is 9.11 Å². The standard InChI is InChI=1S/C3H5.K.H2O4S/c1-3-2;;1-5(2,3)4/h3H,1-2H2;;(H2,1,2,3,4). The van der Waals surface area contributed by atoms with Gasteiger partial charge >= 0.3 is 72.5 Å². The zero-order valence-corrected chi connectivity index (χ0v) is 9.05. The minimum absolute atomic E-state index is 0.995. The zero-order valence-electron chi connectivity index (χ0n) is 5.11. The minimum Gasteiger partial charge on any atom is -0.264 e. The van der Waals surface area contributed by atoms with Crippen molar-refractivity contribution in [2.24, 2.45) is 0 Å². The summed E-state index contributed by atoms with van der Waals surface area (Å²) in [6.45, 7) is 3.53. The van der Waals surface area contributed by atoms with Crippen LogP contribution in [-0.2, 0) is 10.4 Å². The van der Waals surface area contributed by atoms with Crippen molar-refractivity contribution >= 4 is 59.4 Å². The molecular formula is C3H7KO4S. The van der Waals surface area contributed by atoms with Gasteiger partial charge in [0.2, 0.25) is 0 Å². The first-order chi connectivity index (χ1) is 3.91. The minimum atomic E-state index is -4.67. The Labute approximate surface area is 88.5 Å². The van der Waals surface area contributed by atoms with Crippen LogP contribution in [-0.4, -0.2) is 66.5 Å². The third-order valence-electron chi connectivity index (χ3n) is 0.289. The van der Waals surface area contributed by atoms with E-state index in [-0.39, 0.29) is 0 Å². The first-order valence-corrected chi connectivity index (χ1v) is 5.83. The van der Waals surface area contributed by atoms with Crippen molar-refractivity contribution in [1.82, 2.24) is 0 Å². The first-order valence-electron chi connectivity index (χ1n) is 2.22. The molecule has 6 heteroatoms. The van der Waals surface area contributed by atoms with Crippen molar-refractivity contribution in [2.45, 2.75) is 0.515 Å². The first kappa shape index (κ1) is 12.9. The molecule has 4 nitrogen and oxygen atoms in total. The molecule has 0 saturated carbocycles. The topological polar surface area (TPSA) is 74.6 Å². The quantitative estimate of drug-likeness (QED) is 0.339. The SMILES string of the molecule is C=C[CH2][K].O=S(=O)(O)O. The molecule has 0 aromatic heterocycles. The Morgan fingerprint density at radius 1 is 1.56 bits per heavy atom. The summed E-state index contributed by atoms with van der Waals surface area (Å²) in [5.41, 5.74) is 0. The Kier molecular flexibility index (Phi) is 10.5. The maximum absolute atomic E-state index is 8.74. The molecule has 0 radical (unpaired) electrons. The van der Waals surface area contributed by atoms with E-state index in [0.717, 1.165) is 49.0 Å². The van der Waals surface area contributed by atoms with Crippen LogP contribution in [0.15, 0.2) is 12.7 Å². The monoisotopic (exact) mass is 178 g/mol. The van der Waals surface area contributed by atoms with Gasteiger partial charge in [-0.15, -0.1) is 0 Å². The zero-order chi connectivity index (χ0) is 7.91. The molecule has 2 N–H and O–H groups in total. The van der Waals surface area contributed by atoms with Gasteiger partial charge in [0.05, 0.1) is 0 Å². The second-order valence-corrected chi connectivity index (χ2v) is 3.32. The van der Waals surface area contributed by atoms with Crippen LogP contribution in [0.5, 0.6) is 0 Å². The van der Waals surface area contributed by atoms with Crippen LogP contribution in [0, 0.1) is 0 Å². The fraction of sp³-hybridized carbons (Fsp3) is 0.333. The summed E-state index contributed by atoms with van der Waals surface area (Å²) in [4.78, 5) is 0. The van der Waals surface area contributed by atoms with Crippen molar-refractivity contribution in [3.8, 4) is 0 Å². The van der Waals surface area contributed by atoms with Gasteiger partial charge < -0.3 is 0 Å². The van der Waals surface area contributed by atoms with E-state index in [1.807, 2.05) is 6.08 Å². The van der Waals surface area contributed by atoms with Crippen LogP contribution in [0.3, 0.4) is 0 Å². The van der Waals surface area contributed by atoms with E-state index in [9.17, 15) is 0 Å². The van der Waals surface area contributed by atoms with E-state index < -0.39 is 10.4 Å². The van der Waals surface area contributed by atoms with Gasteiger partial charge in [-0.25, -0.2) is 0 Å². The van der Waals surface area contributed by atoms with Crippen molar-refractivity contribution in [1.29, 1.82) is 0 Å². The normalized spacial score (nSPS) is 9.33. The number of hydrogen-bond acceptors (Lipinski definition) is 2. The Morgan fingerprint density at radius 2 is 1.67 bits per heavy atom. The van der Waals surface area contributed by atoms with Crippen molar-refractivity contribution in [2.75, 3.05) is 0 Å². The van der Waals surface area contributed by atoms with Gasteiger partial charge in [-0.1, -0.05) is 0 Å². The molecule has 0 amide bonds. The average molecular weight is 178 g/mol. The molecule has 0 aliphatic rings. The van der Waals surface area contributed by atoms with Crippen molar-refractivity contribution in [3.05, 3.63) is 12.7 Å². The molecule has 0 rings (SSSR count). The van der Waals surface area contributed by atoms with Gasteiger partial charge in [0.1, 0.15) is 0 Å². The van der Waals surface area contributed by atoms with Crippen LogP contribution in [0.2, 0.25) is 0.515 Å².